The Morgan fingerprint density at radius 1 is 1.14 bits per heavy atom. The second-order valence-corrected chi connectivity index (χ2v) is 11.0. The number of hydrogen-bond donors (Lipinski definition) is 1. The summed E-state index contributed by atoms with van der Waals surface area (Å²) >= 11 is 0. The van der Waals surface area contributed by atoms with Crippen LogP contribution in [-0.2, 0) is 11.2 Å². The number of pyridine rings is 2. The lowest BCUT2D eigenvalue weighted by Crippen LogP contribution is -2.55. The number of aryl methyl sites for hydroxylation is 2. The number of piperazine rings is 1. The second kappa shape index (κ2) is 9.24. The normalized spacial score (nSPS) is 17.8. The Bertz CT molecular complexity index is 1360. The molecule has 0 unspecified atom stereocenters. The molecule has 3 aromatic heterocycles. The first-order valence-corrected chi connectivity index (χ1v) is 12.8. The highest BCUT2D eigenvalue weighted by Crippen LogP contribution is 2.35. The summed E-state index contributed by atoms with van der Waals surface area (Å²) in [5, 5.41) is 3.06. The summed E-state index contributed by atoms with van der Waals surface area (Å²) < 4.78 is 7.51. The second-order valence-electron chi connectivity index (χ2n) is 11.0. The first-order chi connectivity index (χ1) is 17.5. The van der Waals surface area contributed by atoms with Crippen LogP contribution in [0.4, 0.5) is 26.8 Å². The monoisotopic (exact) mass is 505 g/mol. The fourth-order valence-corrected chi connectivity index (χ4v) is 5.11. The van der Waals surface area contributed by atoms with Crippen molar-refractivity contribution >= 4 is 35.0 Å². The molecule has 0 aromatic carbocycles. The van der Waals surface area contributed by atoms with Gasteiger partial charge in [-0.05, 0) is 65.7 Å². The Hall–Kier alpha value is -3.82. The summed E-state index contributed by atoms with van der Waals surface area (Å²) in [6.07, 6.45) is 6.05. The molecule has 0 aliphatic carbocycles. The van der Waals surface area contributed by atoms with E-state index < -0.39 is 5.60 Å². The topological polar surface area (TPSA) is 95.3 Å². The maximum Gasteiger partial charge on any atom is 0.410 e. The van der Waals surface area contributed by atoms with Gasteiger partial charge in [0.05, 0.1) is 11.4 Å². The van der Waals surface area contributed by atoms with Crippen LogP contribution in [0.15, 0.2) is 30.7 Å². The Labute approximate surface area is 217 Å². The summed E-state index contributed by atoms with van der Waals surface area (Å²) in [6, 6.07) is 3.77. The first-order valence-electron chi connectivity index (χ1n) is 12.8. The number of hydrogen-bond acceptors (Lipinski definition) is 6. The third-order valence-electron chi connectivity index (χ3n) is 6.85. The van der Waals surface area contributed by atoms with Crippen molar-refractivity contribution in [2.24, 2.45) is 0 Å². The van der Waals surface area contributed by atoms with Crippen molar-refractivity contribution in [3.63, 3.8) is 0 Å². The lowest BCUT2D eigenvalue weighted by atomic mass is 10.1. The van der Waals surface area contributed by atoms with E-state index in [1.165, 1.54) is 0 Å². The van der Waals surface area contributed by atoms with Crippen molar-refractivity contribution in [3.05, 3.63) is 47.5 Å². The van der Waals surface area contributed by atoms with E-state index in [0.29, 0.717) is 32.0 Å². The Kier molecular flexibility index (Phi) is 6.21. The molecule has 2 aliphatic rings. The SMILES string of the molecule is Cc1cn2cc(NC(=O)N3CCc4c(N5CCN(C(=O)OC(C)(C)C)[C@@H](C)C5)ccnc43)c(C)cc2n1. The summed E-state index contributed by atoms with van der Waals surface area (Å²) in [4.78, 5) is 40.8. The van der Waals surface area contributed by atoms with Gasteiger partial charge < -0.3 is 24.3 Å². The van der Waals surface area contributed by atoms with E-state index in [9.17, 15) is 9.59 Å². The predicted molar refractivity (Wildman–Crippen MR) is 144 cm³/mol. The molecule has 10 nitrogen and oxygen atoms in total. The lowest BCUT2D eigenvalue weighted by molar-refractivity contribution is 0.0159. The number of fused-ring (bicyclic) bond motifs is 2. The van der Waals surface area contributed by atoms with Gasteiger partial charge in [0.15, 0.2) is 0 Å². The van der Waals surface area contributed by atoms with E-state index in [-0.39, 0.29) is 18.2 Å². The molecule has 2 aliphatic heterocycles. The molecule has 0 spiro atoms. The molecule has 196 valence electrons. The standard InChI is InChI=1S/C27H35N7O3/c1-17-13-23-29-18(2)14-32(23)16-21(17)30-25(35)34-10-8-20-22(7-9-28-24(20)34)31-11-12-33(19(3)15-31)26(36)37-27(4,5)6/h7,9,13-14,16,19H,8,10-12,15H2,1-6H3,(H,30,35)/t19-/m0/s1. The maximum absolute atomic E-state index is 13.3. The quantitative estimate of drug-likeness (QED) is 0.555. The number of nitrogens with one attached hydrogen (secondary N) is 1. The molecule has 0 saturated carbocycles. The van der Waals surface area contributed by atoms with Crippen LogP contribution in [0, 0.1) is 13.8 Å². The Balaban J connectivity index is 1.31. The molecule has 1 saturated heterocycles. The van der Waals surface area contributed by atoms with E-state index in [4.69, 9.17) is 4.74 Å². The number of nitrogens with zero attached hydrogens (tertiary/aromatic N) is 6. The Morgan fingerprint density at radius 2 is 1.92 bits per heavy atom. The third kappa shape index (κ3) is 4.92. The van der Waals surface area contributed by atoms with E-state index in [1.807, 2.05) is 70.5 Å². The van der Waals surface area contributed by atoms with E-state index >= 15 is 0 Å². The van der Waals surface area contributed by atoms with Crippen LogP contribution in [-0.4, -0.2) is 69.2 Å². The fraction of sp³-hybridized carbons (Fsp3) is 0.481. The lowest BCUT2D eigenvalue weighted by Gasteiger charge is -2.41. The van der Waals surface area contributed by atoms with Gasteiger partial charge >= 0.3 is 12.1 Å². The highest BCUT2D eigenvalue weighted by molar-refractivity contribution is 6.03. The highest BCUT2D eigenvalue weighted by atomic mass is 16.6. The zero-order valence-corrected chi connectivity index (χ0v) is 22.4. The van der Waals surface area contributed by atoms with Gasteiger partial charge in [-0.15, -0.1) is 0 Å². The average molecular weight is 506 g/mol. The number of urea groups is 1. The minimum atomic E-state index is -0.522. The number of amides is 3. The van der Waals surface area contributed by atoms with Crippen molar-refractivity contribution in [1.29, 1.82) is 0 Å². The molecule has 0 bridgehead atoms. The van der Waals surface area contributed by atoms with Gasteiger partial charge in [-0.25, -0.2) is 19.6 Å². The van der Waals surface area contributed by atoms with E-state index in [1.54, 1.807) is 16.0 Å². The van der Waals surface area contributed by atoms with Gasteiger partial charge in [0.2, 0.25) is 0 Å². The molecule has 3 amide bonds. The van der Waals surface area contributed by atoms with Crippen molar-refractivity contribution in [1.82, 2.24) is 19.3 Å². The summed E-state index contributed by atoms with van der Waals surface area (Å²) in [5.41, 5.74) is 5.08. The van der Waals surface area contributed by atoms with Gasteiger partial charge in [0.25, 0.3) is 0 Å². The van der Waals surface area contributed by atoms with Gasteiger partial charge in [-0.1, -0.05) is 0 Å². The van der Waals surface area contributed by atoms with Crippen LogP contribution < -0.4 is 15.1 Å². The van der Waals surface area contributed by atoms with Crippen LogP contribution >= 0.6 is 0 Å². The number of imidazole rings is 1. The predicted octanol–water partition coefficient (Wildman–Crippen LogP) is 4.39. The highest BCUT2D eigenvalue weighted by Gasteiger charge is 2.34. The third-order valence-corrected chi connectivity index (χ3v) is 6.85. The minimum absolute atomic E-state index is 0.00192. The molecule has 3 aromatic rings. The van der Waals surface area contributed by atoms with Gasteiger partial charge in [0.1, 0.15) is 17.1 Å². The number of aromatic nitrogens is 3. The molecule has 0 radical (unpaired) electrons. The zero-order valence-electron chi connectivity index (χ0n) is 22.4. The number of carbonyl (C=O) groups excluding carboxylic acids is 2. The fourth-order valence-electron chi connectivity index (χ4n) is 5.11. The number of rotatable bonds is 2. The maximum atomic E-state index is 13.3. The zero-order chi connectivity index (χ0) is 26.5. The number of anilines is 3. The molecule has 1 fully saturated rings. The molecule has 5 heterocycles. The van der Waals surface area contributed by atoms with Crippen LogP contribution in [0.1, 0.15) is 44.5 Å². The Morgan fingerprint density at radius 3 is 2.65 bits per heavy atom. The largest absolute Gasteiger partial charge is 0.444 e. The van der Waals surface area contributed by atoms with Crippen LogP contribution in [0.3, 0.4) is 0 Å². The van der Waals surface area contributed by atoms with Crippen LogP contribution in [0.5, 0.6) is 0 Å². The van der Waals surface area contributed by atoms with Crippen molar-refractivity contribution in [3.8, 4) is 0 Å². The first kappa shape index (κ1) is 24.9. The summed E-state index contributed by atoms with van der Waals surface area (Å²) in [7, 11) is 0. The molecule has 1 N–H and O–H groups in total. The van der Waals surface area contributed by atoms with Crippen molar-refractivity contribution < 1.29 is 14.3 Å². The average Bonchev–Trinajstić information content (AvgIpc) is 3.40. The molecular formula is C27H35N7O3. The molecule has 1 atom stereocenters. The molecular weight excluding hydrogens is 470 g/mol. The number of ether oxygens (including phenoxy) is 1. The minimum Gasteiger partial charge on any atom is -0.444 e. The summed E-state index contributed by atoms with van der Waals surface area (Å²) in [5.74, 6) is 0.689. The van der Waals surface area contributed by atoms with Gasteiger partial charge in [-0.3, -0.25) is 4.90 Å². The van der Waals surface area contributed by atoms with Gasteiger partial charge in [0, 0.05) is 62.1 Å². The van der Waals surface area contributed by atoms with Crippen molar-refractivity contribution in [2.75, 3.05) is 41.3 Å². The van der Waals surface area contributed by atoms with Gasteiger partial charge in [-0.2, -0.15) is 0 Å². The number of carbonyl (C=O) groups is 2. The van der Waals surface area contributed by atoms with E-state index in [2.05, 4.69) is 20.2 Å². The smallest absolute Gasteiger partial charge is 0.410 e. The molecule has 5 rings (SSSR count). The molecule has 10 heteroatoms. The van der Waals surface area contributed by atoms with Crippen molar-refractivity contribution in [2.45, 2.75) is 59.6 Å². The van der Waals surface area contributed by atoms with Crippen LogP contribution in [0.25, 0.3) is 5.65 Å². The summed E-state index contributed by atoms with van der Waals surface area (Å²) in [6.45, 7) is 14.1. The van der Waals surface area contributed by atoms with Crippen LogP contribution in [0.2, 0.25) is 0 Å². The molecule has 37 heavy (non-hydrogen) atoms. The van der Waals surface area contributed by atoms with E-state index in [0.717, 1.165) is 40.3 Å².